The number of hydrogen-bond acceptors (Lipinski definition) is 5. The molecule has 1 aliphatic heterocycles. The first kappa shape index (κ1) is 15.9. The van der Waals surface area contributed by atoms with Gasteiger partial charge in [-0.25, -0.2) is 4.90 Å². The molecule has 0 spiro atoms. The van der Waals surface area contributed by atoms with Crippen LogP contribution < -0.4 is 5.73 Å². The number of aliphatic hydroxyl groups is 2. The summed E-state index contributed by atoms with van der Waals surface area (Å²) in [6.45, 7) is 6.70. The molecule has 108 valence electrons. The quantitative estimate of drug-likeness (QED) is 0.585. The summed E-state index contributed by atoms with van der Waals surface area (Å²) in [5.41, 5.74) is 5.99. The van der Waals surface area contributed by atoms with Crippen LogP contribution in [0.4, 0.5) is 0 Å². The van der Waals surface area contributed by atoms with Gasteiger partial charge in [-0.3, -0.25) is 0 Å². The molecular weight excluding hydrogens is 232 g/mol. The second-order valence-corrected chi connectivity index (χ2v) is 5.20. The van der Waals surface area contributed by atoms with E-state index in [0.29, 0.717) is 6.42 Å². The van der Waals surface area contributed by atoms with Gasteiger partial charge in [0.1, 0.15) is 6.10 Å². The first-order valence-corrected chi connectivity index (χ1v) is 7.05. The highest BCUT2D eigenvalue weighted by Gasteiger charge is 2.45. The van der Waals surface area contributed by atoms with Crippen LogP contribution in [0.3, 0.4) is 0 Å². The molecule has 4 N–H and O–H groups in total. The lowest BCUT2D eigenvalue weighted by Crippen LogP contribution is -2.52. The van der Waals surface area contributed by atoms with Gasteiger partial charge in [0.15, 0.2) is 0 Å². The van der Waals surface area contributed by atoms with Crippen LogP contribution in [0.15, 0.2) is 0 Å². The predicted octanol–water partition coefficient (Wildman–Crippen LogP) is 0.640. The van der Waals surface area contributed by atoms with Gasteiger partial charge in [0.2, 0.25) is 6.41 Å². The van der Waals surface area contributed by atoms with E-state index >= 15 is 0 Å². The summed E-state index contributed by atoms with van der Waals surface area (Å²) in [5, 5.41) is 19.9. The monoisotopic (exact) mass is 260 g/mol. The summed E-state index contributed by atoms with van der Waals surface area (Å²) in [7, 11) is 0. The van der Waals surface area contributed by atoms with Gasteiger partial charge < -0.3 is 20.7 Å². The van der Waals surface area contributed by atoms with Crippen molar-refractivity contribution in [1.29, 1.82) is 0 Å². The van der Waals surface area contributed by atoms with Crippen molar-refractivity contribution in [3.63, 3.8) is 0 Å². The third-order valence-corrected chi connectivity index (χ3v) is 3.64. The normalized spacial score (nSPS) is 32.7. The molecule has 1 saturated heterocycles. The Balaban J connectivity index is 2.69. The SMILES string of the molecule is CCCCCN1C(O)OC(C(O)CC)C1C(C)N. The number of nitrogens with zero attached hydrogens (tertiary/aromatic N) is 1. The first-order chi connectivity index (χ1) is 8.52. The molecule has 0 bridgehead atoms. The van der Waals surface area contributed by atoms with E-state index in [1.54, 1.807) is 0 Å². The van der Waals surface area contributed by atoms with Crippen molar-refractivity contribution in [2.75, 3.05) is 6.54 Å². The first-order valence-electron chi connectivity index (χ1n) is 7.05. The molecule has 5 unspecified atom stereocenters. The van der Waals surface area contributed by atoms with Crippen LogP contribution >= 0.6 is 0 Å². The zero-order valence-electron chi connectivity index (χ0n) is 11.7. The van der Waals surface area contributed by atoms with Crippen molar-refractivity contribution in [3.05, 3.63) is 0 Å². The molecular formula is C13H28N2O3. The Morgan fingerprint density at radius 3 is 2.50 bits per heavy atom. The lowest BCUT2D eigenvalue weighted by atomic mass is 9.97. The minimum atomic E-state index is -0.941. The second kappa shape index (κ2) is 7.40. The molecule has 0 aliphatic carbocycles. The predicted molar refractivity (Wildman–Crippen MR) is 70.8 cm³/mol. The van der Waals surface area contributed by atoms with E-state index in [1.807, 2.05) is 18.7 Å². The van der Waals surface area contributed by atoms with Gasteiger partial charge in [-0.15, -0.1) is 0 Å². The highest BCUT2D eigenvalue weighted by molar-refractivity contribution is 4.94. The summed E-state index contributed by atoms with van der Waals surface area (Å²) < 4.78 is 5.48. The minimum Gasteiger partial charge on any atom is -0.390 e. The average Bonchev–Trinajstić information content (AvgIpc) is 2.66. The minimum absolute atomic E-state index is 0.119. The zero-order valence-corrected chi connectivity index (χ0v) is 11.7. The molecule has 0 saturated carbocycles. The fourth-order valence-electron chi connectivity index (χ4n) is 2.59. The van der Waals surface area contributed by atoms with E-state index in [0.717, 1.165) is 25.8 Å². The van der Waals surface area contributed by atoms with Crippen LogP contribution in [0.25, 0.3) is 0 Å². The Labute approximate surface area is 110 Å². The second-order valence-electron chi connectivity index (χ2n) is 5.20. The van der Waals surface area contributed by atoms with E-state index in [2.05, 4.69) is 6.92 Å². The van der Waals surface area contributed by atoms with Crippen LogP contribution in [0, 0.1) is 0 Å². The van der Waals surface area contributed by atoms with Crippen LogP contribution in [-0.2, 0) is 4.74 Å². The van der Waals surface area contributed by atoms with Crippen LogP contribution in [-0.4, -0.2) is 52.4 Å². The third kappa shape index (κ3) is 3.65. The molecule has 1 heterocycles. The highest BCUT2D eigenvalue weighted by atomic mass is 16.6. The molecule has 18 heavy (non-hydrogen) atoms. The fraction of sp³-hybridized carbons (Fsp3) is 1.00. The molecule has 0 amide bonds. The van der Waals surface area contributed by atoms with Crippen molar-refractivity contribution >= 4 is 0 Å². The summed E-state index contributed by atoms with van der Waals surface area (Å²) in [6.07, 6.45) is 1.95. The Morgan fingerprint density at radius 1 is 1.33 bits per heavy atom. The summed E-state index contributed by atoms with van der Waals surface area (Å²) in [4.78, 5) is 1.88. The fourth-order valence-corrected chi connectivity index (χ4v) is 2.59. The number of unbranched alkanes of at least 4 members (excludes halogenated alkanes) is 2. The molecule has 1 fully saturated rings. The van der Waals surface area contributed by atoms with Gasteiger partial charge >= 0.3 is 0 Å². The van der Waals surface area contributed by atoms with E-state index in [-0.39, 0.29) is 12.1 Å². The lowest BCUT2D eigenvalue weighted by Gasteiger charge is -2.31. The molecule has 5 nitrogen and oxygen atoms in total. The van der Waals surface area contributed by atoms with E-state index < -0.39 is 18.6 Å². The summed E-state index contributed by atoms with van der Waals surface area (Å²) in [6, 6.07) is -0.262. The zero-order chi connectivity index (χ0) is 13.7. The van der Waals surface area contributed by atoms with Crippen molar-refractivity contribution < 1.29 is 14.9 Å². The summed E-state index contributed by atoms with van der Waals surface area (Å²) in [5.74, 6) is 0. The standard InChI is InChI=1S/C13H28N2O3/c1-4-6-7-8-15-11(9(3)14)12(10(16)5-2)18-13(15)17/h9-13,16-17H,4-8,14H2,1-3H3. The average molecular weight is 260 g/mol. The molecule has 0 aromatic carbocycles. The molecule has 5 heteroatoms. The lowest BCUT2D eigenvalue weighted by molar-refractivity contribution is -0.164. The molecule has 0 aromatic heterocycles. The highest BCUT2D eigenvalue weighted by Crippen LogP contribution is 2.27. The number of nitrogens with two attached hydrogens (primary N) is 1. The van der Waals surface area contributed by atoms with Crippen molar-refractivity contribution in [2.45, 2.75) is 77.2 Å². The van der Waals surface area contributed by atoms with Crippen molar-refractivity contribution in [1.82, 2.24) is 4.90 Å². The Morgan fingerprint density at radius 2 is 2.00 bits per heavy atom. The van der Waals surface area contributed by atoms with Crippen LogP contribution in [0.5, 0.6) is 0 Å². The largest absolute Gasteiger partial charge is 0.390 e. The summed E-state index contributed by atoms with van der Waals surface area (Å²) >= 11 is 0. The van der Waals surface area contributed by atoms with Gasteiger partial charge in [0.05, 0.1) is 12.1 Å². The number of rotatable bonds is 7. The van der Waals surface area contributed by atoms with Crippen molar-refractivity contribution in [2.24, 2.45) is 5.73 Å². The third-order valence-electron chi connectivity index (χ3n) is 3.64. The maximum Gasteiger partial charge on any atom is 0.216 e. The smallest absolute Gasteiger partial charge is 0.216 e. The molecule has 0 radical (unpaired) electrons. The van der Waals surface area contributed by atoms with Crippen LogP contribution in [0.2, 0.25) is 0 Å². The molecule has 0 aromatic rings. The Bertz CT molecular complexity index is 238. The maximum atomic E-state index is 9.97. The van der Waals surface area contributed by atoms with Crippen molar-refractivity contribution in [3.8, 4) is 0 Å². The van der Waals surface area contributed by atoms with E-state index in [4.69, 9.17) is 10.5 Å². The maximum absolute atomic E-state index is 9.97. The number of aliphatic hydroxyl groups excluding tert-OH is 2. The number of hydrogen-bond donors (Lipinski definition) is 3. The molecule has 5 atom stereocenters. The van der Waals surface area contributed by atoms with Gasteiger partial charge in [-0.2, -0.15) is 0 Å². The topological polar surface area (TPSA) is 79.0 Å². The Kier molecular flexibility index (Phi) is 6.52. The van der Waals surface area contributed by atoms with E-state index in [9.17, 15) is 10.2 Å². The van der Waals surface area contributed by atoms with Gasteiger partial charge in [0.25, 0.3) is 0 Å². The Hall–Kier alpha value is -0.200. The van der Waals surface area contributed by atoms with Gasteiger partial charge in [-0.05, 0) is 19.8 Å². The number of ether oxygens (including phenoxy) is 1. The van der Waals surface area contributed by atoms with Gasteiger partial charge in [0, 0.05) is 12.6 Å². The van der Waals surface area contributed by atoms with Gasteiger partial charge in [-0.1, -0.05) is 26.7 Å². The molecule has 1 aliphatic rings. The van der Waals surface area contributed by atoms with Crippen LogP contribution in [0.1, 0.15) is 46.5 Å². The molecule has 1 rings (SSSR count). The van der Waals surface area contributed by atoms with E-state index in [1.165, 1.54) is 0 Å².